The molecule has 0 aliphatic rings. The van der Waals surface area contributed by atoms with Gasteiger partial charge in [-0.2, -0.15) is 0 Å². The van der Waals surface area contributed by atoms with Crippen molar-refractivity contribution in [3.63, 3.8) is 0 Å². The van der Waals surface area contributed by atoms with Crippen molar-refractivity contribution in [1.82, 2.24) is 0 Å². The Morgan fingerprint density at radius 1 is 1.10 bits per heavy atom. The highest BCUT2D eigenvalue weighted by Crippen LogP contribution is 2.19. The maximum Gasteiger partial charge on any atom is 0.335 e. The van der Waals surface area contributed by atoms with Crippen LogP contribution in [0.1, 0.15) is 27.0 Å². The molecule has 3 heteroatoms. The van der Waals surface area contributed by atoms with Gasteiger partial charge in [-0.05, 0) is 43.2 Å². The van der Waals surface area contributed by atoms with Gasteiger partial charge < -0.3 is 9.84 Å². The number of hydrogen-bond donors (Lipinski definition) is 1. The zero-order chi connectivity index (χ0) is 14.5. The van der Waals surface area contributed by atoms with E-state index >= 15 is 0 Å². The Morgan fingerprint density at radius 2 is 1.80 bits per heavy atom. The van der Waals surface area contributed by atoms with Gasteiger partial charge in [-0.25, -0.2) is 4.79 Å². The summed E-state index contributed by atoms with van der Waals surface area (Å²) in [5, 5.41) is 8.83. The summed E-state index contributed by atoms with van der Waals surface area (Å²) in [6, 6.07) is 13.0. The van der Waals surface area contributed by atoms with Crippen LogP contribution in [0, 0.1) is 13.8 Å². The zero-order valence-corrected chi connectivity index (χ0v) is 11.7. The molecule has 0 unspecified atom stereocenters. The van der Waals surface area contributed by atoms with E-state index < -0.39 is 5.97 Å². The molecule has 0 amide bonds. The molecule has 2 rings (SSSR count). The molecule has 0 saturated heterocycles. The van der Waals surface area contributed by atoms with E-state index in [1.807, 2.05) is 31.2 Å². The van der Waals surface area contributed by atoms with Crippen LogP contribution in [-0.2, 0) is 6.42 Å². The Labute approximate surface area is 118 Å². The average molecular weight is 270 g/mol. The van der Waals surface area contributed by atoms with Crippen molar-refractivity contribution in [3.8, 4) is 5.75 Å². The Morgan fingerprint density at radius 3 is 2.40 bits per heavy atom. The summed E-state index contributed by atoms with van der Waals surface area (Å²) in [6.45, 7) is 4.67. The van der Waals surface area contributed by atoms with E-state index in [0.29, 0.717) is 12.2 Å². The van der Waals surface area contributed by atoms with Crippen molar-refractivity contribution in [2.24, 2.45) is 0 Å². The van der Waals surface area contributed by atoms with Gasteiger partial charge in [0.2, 0.25) is 0 Å². The fraction of sp³-hybridized carbons (Fsp3) is 0.235. The monoisotopic (exact) mass is 270 g/mol. The lowest BCUT2D eigenvalue weighted by Gasteiger charge is -2.09. The van der Waals surface area contributed by atoms with E-state index in [1.54, 1.807) is 12.1 Å². The minimum atomic E-state index is -0.900. The summed E-state index contributed by atoms with van der Waals surface area (Å²) in [5.41, 5.74) is 3.73. The van der Waals surface area contributed by atoms with E-state index in [2.05, 4.69) is 13.0 Å². The van der Waals surface area contributed by atoms with Crippen molar-refractivity contribution in [2.45, 2.75) is 20.3 Å². The summed E-state index contributed by atoms with van der Waals surface area (Å²) in [5.74, 6) is 0.000774. The molecule has 0 spiro atoms. The molecule has 0 aliphatic carbocycles. The van der Waals surface area contributed by atoms with Gasteiger partial charge in [-0.1, -0.05) is 29.8 Å². The second-order valence-corrected chi connectivity index (χ2v) is 4.87. The van der Waals surface area contributed by atoms with Gasteiger partial charge in [0.25, 0.3) is 0 Å². The quantitative estimate of drug-likeness (QED) is 0.902. The average Bonchev–Trinajstić information content (AvgIpc) is 2.42. The first kappa shape index (κ1) is 14.1. The lowest BCUT2D eigenvalue weighted by molar-refractivity contribution is 0.0697. The maximum absolute atomic E-state index is 10.8. The van der Waals surface area contributed by atoms with Crippen molar-refractivity contribution >= 4 is 5.97 Å². The molecule has 0 aromatic heterocycles. The molecule has 0 radical (unpaired) electrons. The number of carboxylic acid groups (broad SMARTS) is 1. The van der Waals surface area contributed by atoms with Crippen LogP contribution in [0.5, 0.6) is 5.75 Å². The molecule has 0 aliphatic heterocycles. The predicted octanol–water partition coefficient (Wildman–Crippen LogP) is 3.62. The third-order valence-corrected chi connectivity index (χ3v) is 3.18. The first-order valence-corrected chi connectivity index (χ1v) is 6.58. The number of aryl methyl sites for hydroxylation is 2. The van der Waals surface area contributed by atoms with Gasteiger partial charge in [0.05, 0.1) is 12.2 Å². The molecule has 1 N–H and O–H groups in total. The number of ether oxygens (including phenoxy) is 1. The number of hydrogen-bond acceptors (Lipinski definition) is 2. The molecule has 0 saturated carbocycles. The van der Waals surface area contributed by atoms with Gasteiger partial charge in [0, 0.05) is 6.42 Å². The molecule has 0 atom stereocenters. The van der Waals surface area contributed by atoms with Gasteiger partial charge in [-0.3, -0.25) is 0 Å². The van der Waals surface area contributed by atoms with Crippen LogP contribution >= 0.6 is 0 Å². The fourth-order valence-electron chi connectivity index (χ4n) is 2.05. The number of aromatic carboxylic acids is 1. The molecule has 0 heterocycles. The Kier molecular flexibility index (Phi) is 4.41. The van der Waals surface area contributed by atoms with E-state index in [9.17, 15) is 4.79 Å². The summed E-state index contributed by atoms with van der Waals surface area (Å²) in [6.07, 6.45) is 0.757. The van der Waals surface area contributed by atoms with Crippen LogP contribution in [0.3, 0.4) is 0 Å². The van der Waals surface area contributed by atoms with Gasteiger partial charge in [0.1, 0.15) is 5.75 Å². The highest BCUT2D eigenvalue weighted by molar-refractivity contribution is 5.87. The minimum absolute atomic E-state index is 0.309. The summed E-state index contributed by atoms with van der Waals surface area (Å²) >= 11 is 0. The molecule has 20 heavy (non-hydrogen) atoms. The van der Waals surface area contributed by atoms with Crippen molar-refractivity contribution in [2.75, 3.05) is 6.61 Å². The van der Waals surface area contributed by atoms with Gasteiger partial charge >= 0.3 is 5.97 Å². The van der Waals surface area contributed by atoms with Crippen LogP contribution in [0.25, 0.3) is 0 Å². The van der Waals surface area contributed by atoms with Crippen LogP contribution in [0.2, 0.25) is 0 Å². The number of benzene rings is 2. The highest BCUT2D eigenvalue weighted by atomic mass is 16.5. The fourth-order valence-corrected chi connectivity index (χ4v) is 2.05. The van der Waals surface area contributed by atoms with E-state index in [4.69, 9.17) is 9.84 Å². The van der Waals surface area contributed by atoms with Gasteiger partial charge in [0.15, 0.2) is 0 Å². The van der Waals surface area contributed by atoms with E-state index in [1.165, 1.54) is 5.56 Å². The first-order valence-electron chi connectivity index (χ1n) is 6.58. The number of carboxylic acids is 1. The molecule has 0 bridgehead atoms. The molecule has 2 aromatic rings. The lowest BCUT2D eigenvalue weighted by atomic mass is 10.1. The van der Waals surface area contributed by atoms with Crippen LogP contribution in [0.4, 0.5) is 0 Å². The van der Waals surface area contributed by atoms with Crippen molar-refractivity contribution in [3.05, 3.63) is 64.7 Å². The summed E-state index contributed by atoms with van der Waals surface area (Å²) < 4.78 is 5.76. The normalized spacial score (nSPS) is 10.3. The van der Waals surface area contributed by atoms with Crippen molar-refractivity contribution < 1.29 is 14.6 Å². The third kappa shape index (κ3) is 3.60. The smallest absolute Gasteiger partial charge is 0.335 e. The SMILES string of the molecule is Cc1ccc(OCCc2ccc(C(=O)O)cc2)c(C)c1. The van der Waals surface area contributed by atoms with E-state index in [0.717, 1.165) is 23.3 Å². The minimum Gasteiger partial charge on any atom is -0.493 e. The van der Waals surface area contributed by atoms with Gasteiger partial charge in [-0.15, -0.1) is 0 Å². The molecule has 0 fully saturated rings. The lowest BCUT2D eigenvalue weighted by Crippen LogP contribution is -2.03. The van der Waals surface area contributed by atoms with Crippen molar-refractivity contribution in [1.29, 1.82) is 0 Å². The molecule has 3 nitrogen and oxygen atoms in total. The zero-order valence-electron chi connectivity index (χ0n) is 11.7. The van der Waals surface area contributed by atoms with Crippen LogP contribution in [0.15, 0.2) is 42.5 Å². The predicted molar refractivity (Wildman–Crippen MR) is 78.5 cm³/mol. The topological polar surface area (TPSA) is 46.5 Å². The molecular weight excluding hydrogens is 252 g/mol. The maximum atomic E-state index is 10.8. The second-order valence-electron chi connectivity index (χ2n) is 4.87. The van der Waals surface area contributed by atoms with Crippen LogP contribution in [-0.4, -0.2) is 17.7 Å². The third-order valence-electron chi connectivity index (χ3n) is 3.18. The summed E-state index contributed by atoms with van der Waals surface area (Å²) in [4.78, 5) is 10.8. The molecular formula is C17H18O3. The highest BCUT2D eigenvalue weighted by Gasteiger charge is 2.03. The number of rotatable bonds is 5. The molecule has 2 aromatic carbocycles. The largest absolute Gasteiger partial charge is 0.493 e. The van der Waals surface area contributed by atoms with E-state index in [-0.39, 0.29) is 0 Å². The molecule has 104 valence electrons. The standard InChI is InChI=1S/C17H18O3/c1-12-3-8-16(13(2)11-12)20-10-9-14-4-6-15(7-5-14)17(18)19/h3-8,11H,9-10H2,1-2H3,(H,18,19). The number of carbonyl (C=O) groups is 1. The Hall–Kier alpha value is -2.29. The van der Waals surface area contributed by atoms with Crippen LogP contribution < -0.4 is 4.74 Å². The second kappa shape index (κ2) is 6.24. The summed E-state index contributed by atoms with van der Waals surface area (Å²) in [7, 11) is 0. The Balaban J connectivity index is 1.91. The first-order chi connectivity index (χ1) is 9.56. The Bertz CT molecular complexity index is 600.